The van der Waals surface area contributed by atoms with Gasteiger partial charge in [-0.05, 0) is 36.1 Å². The summed E-state index contributed by atoms with van der Waals surface area (Å²) in [6, 6.07) is 5.33. The van der Waals surface area contributed by atoms with Gasteiger partial charge in [0.25, 0.3) is 0 Å². The van der Waals surface area contributed by atoms with Crippen LogP contribution in [0.1, 0.15) is 33.6 Å². The Morgan fingerprint density at radius 1 is 1.33 bits per heavy atom. The number of rotatable bonds is 3. The number of amides is 2. The molecule has 0 unspecified atom stereocenters. The summed E-state index contributed by atoms with van der Waals surface area (Å²) < 4.78 is 12.9. The van der Waals surface area contributed by atoms with Gasteiger partial charge in [0.1, 0.15) is 11.9 Å². The second-order valence-electron chi connectivity index (χ2n) is 6.61. The molecular weight excluding hydrogens is 271 g/mol. The van der Waals surface area contributed by atoms with Gasteiger partial charge in [0.15, 0.2) is 0 Å². The van der Waals surface area contributed by atoms with Crippen LogP contribution in [0.25, 0.3) is 0 Å². The van der Waals surface area contributed by atoms with E-state index in [0.29, 0.717) is 25.1 Å². The third kappa shape index (κ3) is 4.03. The maximum absolute atomic E-state index is 12.9. The molecule has 21 heavy (non-hydrogen) atoms. The van der Waals surface area contributed by atoms with E-state index < -0.39 is 6.04 Å². The van der Waals surface area contributed by atoms with E-state index in [1.165, 1.54) is 12.1 Å². The molecule has 1 heterocycles. The summed E-state index contributed by atoms with van der Waals surface area (Å²) in [5.74, 6) is -0.578. The Balaban J connectivity index is 1.98. The molecule has 1 aliphatic rings. The number of nitrogens with one attached hydrogen (secondary N) is 1. The van der Waals surface area contributed by atoms with Gasteiger partial charge in [0.05, 0.1) is 0 Å². The van der Waals surface area contributed by atoms with Gasteiger partial charge in [-0.15, -0.1) is 0 Å². The molecule has 5 heteroatoms. The van der Waals surface area contributed by atoms with Gasteiger partial charge < -0.3 is 10.2 Å². The van der Waals surface area contributed by atoms with E-state index in [0.717, 1.165) is 0 Å². The molecule has 1 aliphatic heterocycles. The maximum Gasteiger partial charge on any atom is 0.249 e. The average Bonchev–Trinajstić information content (AvgIpc) is 2.70. The minimum atomic E-state index is -0.482. The summed E-state index contributed by atoms with van der Waals surface area (Å²) in [6.45, 7) is 6.47. The zero-order valence-electron chi connectivity index (χ0n) is 12.6. The monoisotopic (exact) mass is 292 g/mol. The summed E-state index contributed by atoms with van der Waals surface area (Å²) in [5.41, 5.74) is 0.552. The van der Waals surface area contributed by atoms with Gasteiger partial charge in [-0.3, -0.25) is 9.59 Å². The molecule has 2 amide bonds. The molecule has 1 saturated heterocycles. The molecule has 0 aromatic heterocycles. The van der Waals surface area contributed by atoms with Crippen molar-refractivity contribution in [3.05, 3.63) is 30.1 Å². The van der Waals surface area contributed by atoms with Crippen LogP contribution >= 0.6 is 0 Å². The highest BCUT2D eigenvalue weighted by molar-refractivity contribution is 6.01. The first kappa shape index (κ1) is 15.5. The summed E-state index contributed by atoms with van der Waals surface area (Å²) in [5, 5.41) is 2.79. The molecular formula is C16H21FN2O2. The Hall–Kier alpha value is -1.91. The fraction of sp³-hybridized carbons (Fsp3) is 0.500. The smallest absolute Gasteiger partial charge is 0.249 e. The lowest BCUT2D eigenvalue weighted by atomic mass is 9.92. The molecule has 2 rings (SSSR count). The Kier molecular flexibility index (Phi) is 4.30. The van der Waals surface area contributed by atoms with Gasteiger partial charge in [-0.2, -0.15) is 0 Å². The van der Waals surface area contributed by atoms with E-state index in [1.807, 2.05) is 20.8 Å². The predicted molar refractivity (Wildman–Crippen MR) is 79.4 cm³/mol. The Labute approximate surface area is 124 Å². The molecule has 4 nitrogen and oxygen atoms in total. The molecule has 114 valence electrons. The molecule has 0 aliphatic carbocycles. The predicted octanol–water partition coefficient (Wildman–Crippen LogP) is 2.48. The van der Waals surface area contributed by atoms with Gasteiger partial charge in [0.2, 0.25) is 11.8 Å². The second kappa shape index (κ2) is 5.84. The van der Waals surface area contributed by atoms with Crippen molar-refractivity contribution in [3.63, 3.8) is 0 Å². The van der Waals surface area contributed by atoms with Crippen molar-refractivity contribution in [1.82, 2.24) is 5.32 Å². The number of halogens is 1. The number of benzene rings is 1. The van der Waals surface area contributed by atoms with Crippen molar-refractivity contribution in [1.29, 1.82) is 0 Å². The fourth-order valence-corrected chi connectivity index (χ4v) is 2.42. The lowest BCUT2D eigenvalue weighted by Gasteiger charge is -2.20. The van der Waals surface area contributed by atoms with E-state index in [-0.39, 0.29) is 23.0 Å². The summed E-state index contributed by atoms with van der Waals surface area (Å²) in [6.07, 6.45) is 0.958. The number of carbonyl (C=O) groups excluding carboxylic acids is 2. The van der Waals surface area contributed by atoms with Crippen molar-refractivity contribution in [2.45, 2.75) is 39.7 Å². The van der Waals surface area contributed by atoms with Gasteiger partial charge in [0, 0.05) is 18.7 Å². The van der Waals surface area contributed by atoms with Gasteiger partial charge in [-0.25, -0.2) is 4.39 Å². The molecule has 0 radical (unpaired) electrons. The van der Waals surface area contributed by atoms with Crippen LogP contribution in [0.4, 0.5) is 10.1 Å². The highest BCUT2D eigenvalue weighted by Crippen LogP contribution is 2.23. The van der Waals surface area contributed by atoms with Crippen LogP contribution in [0.3, 0.4) is 0 Å². The van der Waals surface area contributed by atoms with Crippen LogP contribution in [0.2, 0.25) is 0 Å². The van der Waals surface area contributed by atoms with Crippen LogP contribution in [0.15, 0.2) is 24.3 Å². The number of carbonyl (C=O) groups is 2. The normalized spacial score (nSPS) is 19.0. The summed E-state index contributed by atoms with van der Waals surface area (Å²) in [7, 11) is 0. The lowest BCUT2D eigenvalue weighted by Crippen LogP contribution is -2.42. The maximum atomic E-state index is 12.9. The quantitative estimate of drug-likeness (QED) is 0.930. The largest absolute Gasteiger partial charge is 0.344 e. The topological polar surface area (TPSA) is 49.4 Å². The highest BCUT2D eigenvalue weighted by atomic mass is 19.1. The van der Waals surface area contributed by atoms with Crippen molar-refractivity contribution < 1.29 is 14.0 Å². The molecule has 1 aromatic carbocycles. The molecule has 0 saturated carbocycles. The SMILES string of the molecule is CC(C)(C)CC(=O)N[C@H]1CCN(c2ccc(F)cc2)C1=O. The van der Waals surface area contributed by atoms with E-state index in [2.05, 4.69) is 5.32 Å². The fourth-order valence-electron chi connectivity index (χ4n) is 2.42. The van der Waals surface area contributed by atoms with Crippen LogP contribution in [0, 0.1) is 11.2 Å². The lowest BCUT2D eigenvalue weighted by molar-refractivity contribution is -0.127. The van der Waals surface area contributed by atoms with Gasteiger partial charge in [-0.1, -0.05) is 20.8 Å². The van der Waals surface area contributed by atoms with E-state index >= 15 is 0 Å². The Morgan fingerprint density at radius 2 is 1.95 bits per heavy atom. The standard InChI is InChI=1S/C16H21FN2O2/c1-16(2,3)10-14(20)18-13-8-9-19(15(13)21)12-6-4-11(17)5-7-12/h4-7,13H,8-10H2,1-3H3,(H,18,20)/t13-/m0/s1. The Bertz CT molecular complexity index is 534. The number of nitrogens with zero attached hydrogens (tertiary/aromatic N) is 1. The summed E-state index contributed by atoms with van der Waals surface area (Å²) >= 11 is 0. The van der Waals surface area contributed by atoms with E-state index in [9.17, 15) is 14.0 Å². The Morgan fingerprint density at radius 3 is 2.52 bits per heavy atom. The zero-order valence-corrected chi connectivity index (χ0v) is 12.6. The molecule has 1 atom stereocenters. The van der Waals surface area contributed by atoms with Gasteiger partial charge >= 0.3 is 0 Å². The van der Waals surface area contributed by atoms with Crippen molar-refractivity contribution >= 4 is 17.5 Å². The highest BCUT2D eigenvalue weighted by Gasteiger charge is 2.34. The number of anilines is 1. The minimum absolute atomic E-state index is 0.109. The zero-order chi connectivity index (χ0) is 15.6. The van der Waals surface area contributed by atoms with Crippen LogP contribution in [0.5, 0.6) is 0 Å². The third-order valence-corrected chi connectivity index (χ3v) is 3.37. The first-order chi connectivity index (χ1) is 9.76. The molecule has 1 N–H and O–H groups in total. The molecule has 0 spiro atoms. The minimum Gasteiger partial charge on any atom is -0.344 e. The van der Waals surface area contributed by atoms with Crippen molar-refractivity contribution in [3.8, 4) is 0 Å². The van der Waals surface area contributed by atoms with Crippen LogP contribution < -0.4 is 10.2 Å². The van der Waals surface area contributed by atoms with Crippen molar-refractivity contribution in [2.24, 2.45) is 5.41 Å². The first-order valence-electron chi connectivity index (χ1n) is 7.12. The number of hydrogen-bond acceptors (Lipinski definition) is 2. The number of hydrogen-bond donors (Lipinski definition) is 1. The van der Waals surface area contributed by atoms with Crippen LogP contribution in [-0.2, 0) is 9.59 Å². The summed E-state index contributed by atoms with van der Waals surface area (Å²) in [4.78, 5) is 25.8. The average molecular weight is 292 g/mol. The molecule has 1 aromatic rings. The first-order valence-corrected chi connectivity index (χ1v) is 7.12. The van der Waals surface area contributed by atoms with E-state index in [1.54, 1.807) is 17.0 Å². The van der Waals surface area contributed by atoms with E-state index in [4.69, 9.17) is 0 Å². The van der Waals surface area contributed by atoms with Crippen molar-refractivity contribution in [2.75, 3.05) is 11.4 Å². The third-order valence-electron chi connectivity index (χ3n) is 3.37. The second-order valence-corrected chi connectivity index (χ2v) is 6.61. The molecule has 0 bridgehead atoms. The van der Waals surface area contributed by atoms with Crippen LogP contribution in [-0.4, -0.2) is 24.4 Å². The molecule has 1 fully saturated rings.